The van der Waals surface area contributed by atoms with E-state index in [1.807, 2.05) is 24.3 Å². The standard InChI is InChI=1S/C27H26BrF3N2O5S/c1-18(34)32-17-5-4-16-26(25(35)36,23-6-2-3-7-24(23)27(29,30)31)33-39(37,38)22-14-10-20(11-15-22)19-8-12-21(28)13-9-19/h2-3,6-15,33H,4-5,16-17H2,1H3,(H,32,34)(H,35,36). The van der Waals surface area contributed by atoms with Crippen molar-refractivity contribution in [3.8, 4) is 11.1 Å². The Kier molecular flexibility index (Phi) is 9.57. The first kappa shape index (κ1) is 30.3. The van der Waals surface area contributed by atoms with E-state index in [1.165, 1.54) is 37.3 Å². The maximum Gasteiger partial charge on any atom is 0.416 e. The van der Waals surface area contributed by atoms with Crippen LogP contribution in [0, 0.1) is 0 Å². The van der Waals surface area contributed by atoms with Crippen LogP contribution < -0.4 is 10.0 Å². The predicted molar refractivity (Wildman–Crippen MR) is 143 cm³/mol. The molecule has 1 amide bonds. The van der Waals surface area contributed by atoms with E-state index in [1.54, 1.807) is 0 Å². The average molecular weight is 627 g/mol. The number of unbranched alkanes of at least 4 members (excludes halogenated alkanes) is 1. The Morgan fingerprint density at radius 1 is 0.872 bits per heavy atom. The molecule has 0 aliphatic heterocycles. The number of carboxylic acids is 1. The number of hydrogen-bond acceptors (Lipinski definition) is 4. The van der Waals surface area contributed by atoms with Crippen LogP contribution in [0.25, 0.3) is 11.1 Å². The highest BCUT2D eigenvalue weighted by atomic mass is 79.9. The molecule has 0 fully saturated rings. The van der Waals surface area contributed by atoms with E-state index in [4.69, 9.17) is 0 Å². The van der Waals surface area contributed by atoms with Gasteiger partial charge in [0.2, 0.25) is 15.9 Å². The molecular formula is C27H26BrF3N2O5S. The molecule has 3 aromatic carbocycles. The van der Waals surface area contributed by atoms with Gasteiger partial charge in [-0.25, -0.2) is 13.2 Å². The van der Waals surface area contributed by atoms with Crippen molar-refractivity contribution in [3.05, 3.63) is 88.4 Å². The van der Waals surface area contributed by atoms with Gasteiger partial charge in [-0.1, -0.05) is 58.4 Å². The Hall–Kier alpha value is -3.22. The number of amides is 1. The molecule has 3 N–H and O–H groups in total. The molecule has 0 aliphatic rings. The van der Waals surface area contributed by atoms with E-state index in [0.717, 1.165) is 22.2 Å². The molecule has 3 rings (SSSR count). The lowest BCUT2D eigenvalue weighted by atomic mass is 9.83. The first-order valence-electron chi connectivity index (χ1n) is 11.8. The van der Waals surface area contributed by atoms with Gasteiger partial charge in [0.1, 0.15) is 0 Å². The molecule has 0 saturated carbocycles. The van der Waals surface area contributed by atoms with Crippen LogP contribution in [0.15, 0.2) is 82.2 Å². The maximum absolute atomic E-state index is 13.9. The summed E-state index contributed by atoms with van der Waals surface area (Å²) in [5, 5.41) is 12.8. The zero-order chi connectivity index (χ0) is 28.8. The van der Waals surface area contributed by atoms with Gasteiger partial charge in [-0.05, 0) is 66.3 Å². The summed E-state index contributed by atoms with van der Waals surface area (Å²) in [5.74, 6) is -2.11. The number of carboxylic acid groups (broad SMARTS) is 1. The lowest BCUT2D eigenvalue weighted by Crippen LogP contribution is -2.52. The van der Waals surface area contributed by atoms with Gasteiger partial charge in [0.25, 0.3) is 0 Å². The fourth-order valence-corrected chi connectivity index (χ4v) is 5.78. The van der Waals surface area contributed by atoms with Gasteiger partial charge < -0.3 is 10.4 Å². The fourth-order valence-electron chi connectivity index (χ4n) is 4.15. The van der Waals surface area contributed by atoms with Crippen LogP contribution in [0.2, 0.25) is 0 Å². The second-order valence-electron chi connectivity index (χ2n) is 8.83. The molecule has 3 aromatic rings. The van der Waals surface area contributed by atoms with Crippen LogP contribution in [0.4, 0.5) is 13.2 Å². The number of alkyl halides is 3. The van der Waals surface area contributed by atoms with Gasteiger partial charge in [-0.2, -0.15) is 17.9 Å². The van der Waals surface area contributed by atoms with E-state index in [0.29, 0.717) is 11.6 Å². The molecule has 208 valence electrons. The SMILES string of the molecule is CC(=O)NCCCCC(NS(=O)(=O)c1ccc(-c2ccc(Br)cc2)cc1)(C(=O)O)c1ccccc1C(F)(F)F. The number of carbonyl (C=O) groups is 2. The van der Waals surface area contributed by atoms with Gasteiger partial charge in [0.15, 0.2) is 5.54 Å². The predicted octanol–water partition coefficient (Wildman–Crippen LogP) is 5.70. The van der Waals surface area contributed by atoms with Gasteiger partial charge >= 0.3 is 12.1 Å². The van der Waals surface area contributed by atoms with Gasteiger partial charge in [0.05, 0.1) is 10.5 Å². The lowest BCUT2D eigenvalue weighted by Gasteiger charge is -2.33. The van der Waals surface area contributed by atoms with E-state index >= 15 is 0 Å². The molecular weight excluding hydrogens is 601 g/mol. The van der Waals surface area contributed by atoms with Crippen molar-refractivity contribution >= 4 is 37.8 Å². The minimum atomic E-state index is -4.94. The topological polar surface area (TPSA) is 113 Å². The van der Waals surface area contributed by atoms with Gasteiger partial charge in [0, 0.05) is 17.9 Å². The Balaban J connectivity index is 2.03. The minimum Gasteiger partial charge on any atom is -0.480 e. The molecule has 0 aliphatic carbocycles. The number of carbonyl (C=O) groups excluding carboxylic acids is 1. The van der Waals surface area contributed by atoms with Crippen molar-refractivity contribution in [1.29, 1.82) is 0 Å². The highest BCUT2D eigenvalue weighted by molar-refractivity contribution is 9.10. The number of aliphatic carboxylic acids is 1. The van der Waals surface area contributed by atoms with Crippen molar-refractivity contribution in [2.45, 2.75) is 42.8 Å². The smallest absolute Gasteiger partial charge is 0.416 e. The second kappa shape index (κ2) is 12.3. The average Bonchev–Trinajstić information content (AvgIpc) is 2.87. The fraction of sp³-hybridized carbons (Fsp3) is 0.259. The third-order valence-corrected chi connectivity index (χ3v) is 8.10. The van der Waals surface area contributed by atoms with Crippen molar-refractivity contribution in [2.75, 3.05) is 6.54 Å². The summed E-state index contributed by atoms with van der Waals surface area (Å²) in [5.41, 5.74) is -3.13. The molecule has 0 radical (unpaired) electrons. The third kappa shape index (κ3) is 7.46. The van der Waals surface area contributed by atoms with E-state index < -0.39 is 45.3 Å². The Morgan fingerprint density at radius 2 is 1.41 bits per heavy atom. The molecule has 0 saturated heterocycles. The van der Waals surface area contributed by atoms with Crippen LogP contribution in [0.1, 0.15) is 37.3 Å². The maximum atomic E-state index is 13.9. The second-order valence-corrected chi connectivity index (χ2v) is 11.4. The molecule has 1 atom stereocenters. The highest BCUT2D eigenvalue weighted by Crippen LogP contribution is 2.40. The summed E-state index contributed by atoms with van der Waals surface area (Å²) in [6.07, 6.45) is -5.22. The zero-order valence-electron chi connectivity index (χ0n) is 20.8. The van der Waals surface area contributed by atoms with E-state index in [2.05, 4.69) is 26.0 Å². The Morgan fingerprint density at radius 3 is 1.92 bits per heavy atom. The van der Waals surface area contributed by atoms with Crippen molar-refractivity contribution in [2.24, 2.45) is 0 Å². The normalized spacial score (nSPS) is 13.5. The third-order valence-electron chi connectivity index (χ3n) is 6.06. The number of rotatable bonds is 11. The summed E-state index contributed by atoms with van der Waals surface area (Å²) in [7, 11) is -4.61. The molecule has 0 spiro atoms. The highest BCUT2D eigenvalue weighted by Gasteiger charge is 2.48. The van der Waals surface area contributed by atoms with Crippen molar-refractivity contribution in [3.63, 3.8) is 0 Å². The zero-order valence-corrected chi connectivity index (χ0v) is 23.2. The molecule has 1 unspecified atom stereocenters. The number of benzene rings is 3. The quantitative estimate of drug-likeness (QED) is 0.236. The monoisotopic (exact) mass is 626 g/mol. The first-order chi connectivity index (χ1) is 18.3. The van der Waals surface area contributed by atoms with Crippen LogP contribution in [-0.2, 0) is 31.3 Å². The number of hydrogen-bond donors (Lipinski definition) is 3. The summed E-state index contributed by atoms with van der Waals surface area (Å²) in [6, 6.07) is 16.8. The minimum absolute atomic E-state index is 0.00377. The van der Waals surface area contributed by atoms with Gasteiger partial charge in [-0.3, -0.25) is 4.79 Å². The summed E-state index contributed by atoms with van der Waals surface area (Å²) < 4.78 is 71.6. The molecule has 0 bridgehead atoms. The summed E-state index contributed by atoms with van der Waals surface area (Å²) in [4.78, 5) is 23.5. The molecule has 39 heavy (non-hydrogen) atoms. The molecule has 0 aromatic heterocycles. The molecule has 12 heteroatoms. The van der Waals surface area contributed by atoms with Gasteiger partial charge in [-0.15, -0.1) is 0 Å². The molecule has 7 nitrogen and oxygen atoms in total. The largest absolute Gasteiger partial charge is 0.480 e. The van der Waals surface area contributed by atoms with E-state index in [-0.39, 0.29) is 30.2 Å². The van der Waals surface area contributed by atoms with Crippen molar-refractivity contribution in [1.82, 2.24) is 10.0 Å². The van der Waals surface area contributed by atoms with Crippen LogP contribution in [0.5, 0.6) is 0 Å². The Labute approximate surface area is 232 Å². The van der Waals surface area contributed by atoms with Crippen LogP contribution in [-0.4, -0.2) is 31.9 Å². The molecule has 0 heterocycles. The van der Waals surface area contributed by atoms with Crippen LogP contribution in [0.3, 0.4) is 0 Å². The summed E-state index contributed by atoms with van der Waals surface area (Å²) >= 11 is 3.34. The number of sulfonamides is 1. The first-order valence-corrected chi connectivity index (χ1v) is 14.1. The Bertz CT molecular complexity index is 1430. The van der Waals surface area contributed by atoms with E-state index in [9.17, 15) is 36.3 Å². The lowest BCUT2D eigenvalue weighted by molar-refractivity contribution is -0.147. The van der Waals surface area contributed by atoms with Crippen molar-refractivity contribution < 1.29 is 36.3 Å². The summed E-state index contributed by atoms with van der Waals surface area (Å²) in [6.45, 7) is 1.44. The number of nitrogens with one attached hydrogen (secondary N) is 2. The van der Waals surface area contributed by atoms with Crippen LogP contribution >= 0.6 is 15.9 Å². The number of halogens is 4.